The van der Waals surface area contributed by atoms with Gasteiger partial charge in [0.15, 0.2) is 5.69 Å². The molecule has 0 bridgehead atoms. The van der Waals surface area contributed by atoms with Crippen molar-refractivity contribution < 1.29 is 9.21 Å². The van der Waals surface area contributed by atoms with Crippen LogP contribution in [0.2, 0.25) is 0 Å². The van der Waals surface area contributed by atoms with E-state index in [1.165, 1.54) is 9.58 Å². The first-order chi connectivity index (χ1) is 16.1. The van der Waals surface area contributed by atoms with Crippen LogP contribution in [0, 0.1) is 11.3 Å². The lowest BCUT2D eigenvalue weighted by Gasteiger charge is -2.14. The molecule has 0 atom stereocenters. The summed E-state index contributed by atoms with van der Waals surface area (Å²) in [5.41, 5.74) is 1.13. The normalized spacial score (nSPS) is 10.8. The molecule has 2 aromatic carbocycles. The van der Waals surface area contributed by atoms with E-state index in [2.05, 4.69) is 15.3 Å². The first-order valence-corrected chi connectivity index (χ1v) is 11.2. The van der Waals surface area contributed by atoms with Crippen molar-refractivity contribution in [1.29, 1.82) is 5.26 Å². The largest absolute Gasteiger partial charge is 0.409 e. The highest BCUT2D eigenvalue weighted by Crippen LogP contribution is 2.26. The van der Waals surface area contributed by atoms with Crippen LogP contribution in [0.1, 0.15) is 12.0 Å². The zero-order valence-corrected chi connectivity index (χ0v) is 18.7. The zero-order valence-electron chi connectivity index (χ0n) is 17.8. The summed E-state index contributed by atoms with van der Waals surface area (Å²) in [6, 6.07) is 18.7. The summed E-state index contributed by atoms with van der Waals surface area (Å²) in [6.45, 7) is 0.667. The van der Waals surface area contributed by atoms with Crippen molar-refractivity contribution in [2.75, 3.05) is 19.3 Å². The van der Waals surface area contributed by atoms with Crippen LogP contribution in [0.4, 0.5) is 0 Å². The summed E-state index contributed by atoms with van der Waals surface area (Å²) in [5, 5.41) is 22.6. The number of amides is 1. The molecule has 2 heterocycles. The van der Waals surface area contributed by atoms with E-state index < -0.39 is 0 Å². The minimum atomic E-state index is -0.210. The Bertz CT molecular complexity index is 1380. The van der Waals surface area contributed by atoms with Gasteiger partial charge in [-0.1, -0.05) is 60.3 Å². The van der Waals surface area contributed by atoms with E-state index in [9.17, 15) is 9.59 Å². The van der Waals surface area contributed by atoms with Crippen LogP contribution in [-0.4, -0.2) is 50.1 Å². The second-order valence-electron chi connectivity index (χ2n) is 7.23. The quantitative estimate of drug-likeness (QED) is 0.368. The Morgan fingerprint density at radius 3 is 2.61 bits per heavy atom. The first-order valence-electron chi connectivity index (χ1n) is 10.2. The number of fused-ring (bicyclic) bond motifs is 1. The van der Waals surface area contributed by atoms with E-state index in [0.717, 1.165) is 17.3 Å². The Hall–Kier alpha value is -3.97. The molecule has 0 aliphatic rings. The number of thioether (sulfide) groups is 1. The van der Waals surface area contributed by atoms with Gasteiger partial charge in [0, 0.05) is 19.0 Å². The van der Waals surface area contributed by atoms with Crippen LogP contribution in [0.3, 0.4) is 0 Å². The summed E-state index contributed by atoms with van der Waals surface area (Å²) in [5.74, 6) is 0.126. The van der Waals surface area contributed by atoms with Crippen molar-refractivity contribution in [3.05, 3.63) is 70.5 Å². The molecule has 0 saturated carbocycles. The average Bonchev–Trinajstić information content (AvgIpc) is 3.32. The molecule has 4 aromatic rings. The number of hydrogen-bond donors (Lipinski definition) is 0. The molecule has 0 fully saturated rings. The second-order valence-corrected chi connectivity index (χ2v) is 8.15. The number of hydrogen-bond acceptors (Lipinski definition) is 8. The van der Waals surface area contributed by atoms with Crippen molar-refractivity contribution in [2.24, 2.45) is 0 Å². The fourth-order valence-electron chi connectivity index (χ4n) is 3.20. The highest BCUT2D eigenvalue weighted by atomic mass is 32.2. The first kappa shape index (κ1) is 22.2. The van der Waals surface area contributed by atoms with Crippen molar-refractivity contribution >= 4 is 28.4 Å². The van der Waals surface area contributed by atoms with Gasteiger partial charge in [-0.15, -0.1) is 10.2 Å². The van der Waals surface area contributed by atoms with Crippen molar-refractivity contribution in [3.8, 4) is 17.7 Å². The van der Waals surface area contributed by atoms with E-state index in [0.29, 0.717) is 29.6 Å². The van der Waals surface area contributed by atoms with Gasteiger partial charge in [-0.3, -0.25) is 9.59 Å². The standard InChI is InChI=1S/C23H20N6O3S/c1-28(13-7-12-24)19(30)15-33-23-26-25-21(32-23)20-17-10-5-6-11-18(17)22(31)29(27-20)14-16-8-3-2-4-9-16/h2-6,8-11H,7,13-15H2,1H3. The van der Waals surface area contributed by atoms with Crippen LogP contribution in [0.25, 0.3) is 22.4 Å². The van der Waals surface area contributed by atoms with Crippen LogP contribution in [0.5, 0.6) is 0 Å². The average molecular weight is 461 g/mol. The number of nitriles is 1. The number of benzene rings is 2. The summed E-state index contributed by atoms with van der Waals surface area (Å²) < 4.78 is 7.16. The van der Waals surface area contributed by atoms with Crippen LogP contribution < -0.4 is 5.56 Å². The highest BCUT2D eigenvalue weighted by molar-refractivity contribution is 7.99. The van der Waals surface area contributed by atoms with Gasteiger partial charge in [-0.25, -0.2) is 4.68 Å². The molecule has 2 aromatic heterocycles. The molecule has 10 heteroatoms. The molecule has 0 unspecified atom stereocenters. The Morgan fingerprint density at radius 1 is 1.12 bits per heavy atom. The van der Waals surface area contributed by atoms with Gasteiger partial charge >= 0.3 is 0 Å². The van der Waals surface area contributed by atoms with Crippen LogP contribution >= 0.6 is 11.8 Å². The minimum Gasteiger partial charge on any atom is -0.409 e. The lowest BCUT2D eigenvalue weighted by Crippen LogP contribution is -2.29. The molecule has 0 aliphatic carbocycles. The topological polar surface area (TPSA) is 118 Å². The van der Waals surface area contributed by atoms with Crippen molar-refractivity contribution in [3.63, 3.8) is 0 Å². The number of carbonyl (C=O) groups excluding carboxylic acids is 1. The predicted octanol–water partition coefficient (Wildman–Crippen LogP) is 2.96. The minimum absolute atomic E-state index is 0.102. The molecule has 0 aliphatic heterocycles. The number of rotatable bonds is 8. The lowest BCUT2D eigenvalue weighted by molar-refractivity contribution is -0.127. The van der Waals surface area contributed by atoms with E-state index in [1.807, 2.05) is 42.5 Å². The van der Waals surface area contributed by atoms with Crippen LogP contribution in [0.15, 0.2) is 69.0 Å². The SMILES string of the molecule is CN(CCC#N)C(=O)CSc1nnc(-c2nn(Cc3ccccc3)c(=O)c3ccccc23)o1. The Morgan fingerprint density at radius 2 is 1.85 bits per heavy atom. The summed E-state index contributed by atoms with van der Waals surface area (Å²) in [7, 11) is 1.64. The van der Waals surface area contributed by atoms with Gasteiger partial charge in [-0.2, -0.15) is 10.4 Å². The van der Waals surface area contributed by atoms with Crippen molar-refractivity contribution in [1.82, 2.24) is 24.9 Å². The third-order valence-corrected chi connectivity index (χ3v) is 5.76. The number of aromatic nitrogens is 4. The monoisotopic (exact) mass is 460 g/mol. The van der Waals surface area contributed by atoms with E-state index in [4.69, 9.17) is 9.68 Å². The van der Waals surface area contributed by atoms with Gasteiger partial charge in [0.1, 0.15) is 0 Å². The summed E-state index contributed by atoms with van der Waals surface area (Å²) in [4.78, 5) is 26.7. The Balaban J connectivity index is 1.61. The molecule has 0 spiro atoms. The third-order valence-electron chi connectivity index (χ3n) is 4.96. The molecule has 4 rings (SSSR count). The van der Waals surface area contributed by atoms with E-state index in [1.54, 1.807) is 25.2 Å². The van der Waals surface area contributed by atoms with Gasteiger partial charge in [0.25, 0.3) is 16.7 Å². The fourth-order valence-corrected chi connectivity index (χ4v) is 3.90. The molecule has 166 valence electrons. The third kappa shape index (κ3) is 5.10. The molecular formula is C23H20N6O3S. The van der Waals surface area contributed by atoms with Gasteiger partial charge in [-0.05, 0) is 11.6 Å². The highest BCUT2D eigenvalue weighted by Gasteiger charge is 2.19. The molecule has 0 saturated heterocycles. The maximum atomic E-state index is 13.0. The molecule has 0 radical (unpaired) electrons. The molecule has 33 heavy (non-hydrogen) atoms. The molecule has 9 nitrogen and oxygen atoms in total. The van der Waals surface area contributed by atoms with Crippen molar-refractivity contribution in [2.45, 2.75) is 18.2 Å². The Kier molecular flexibility index (Phi) is 6.80. The molecule has 1 amide bonds. The summed E-state index contributed by atoms with van der Waals surface area (Å²) in [6.07, 6.45) is 0.273. The molecular weight excluding hydrogens is 440 g/mol. The Labute approximate surface area is 193 Å². The maximum Gasteiger partial charge on any atom is 0.277 e. The van der Waals surface area contributed by atoms with E-state index in [-0.39, 0.29) is 34.8 Å². The fraction of sp³-hybridized carbons (Fsp3) is 0.217. The molecule has 0 N–H and O–H groups in total. The maximum absolute atomic E-state index is 13.0. The number of carbonyl (C=O) groups is 1. The zero-order chi connectivity index (χ0) is 23.2. The van der Waals surface area contributed by atoms with Gasteiger partial charge in [0.2, 0.25) is 5.91 Å². The lowest BCUT2D eigenvalue weighted by atomic mass is 10.1. The second kappa shape index (κ2) is 10.1. The predicted molar refractivity (Wildman–Crippen MR) is 123 cm³/mol. The number of nitrogens with zero attached hydrogens (tertiary/aromatic N) is 6. The van der Waals surface area contributed by atoms with Gasteiger partial charge in [0.05, 0.1) is 30.2 Å². The van der Waals surface area contributed by atoms with Crippen LogP contribution in [-0.2, 0) is 11.3 Å². The summed E-state index contributed by atoms with van der Waals surface area (Å²) >= 11 is 1.11. The smallest absolute Gasteiger partial charge is 0.277 e. The van der Waals surface area contributed by atoms with E-state index >= 15 is 0 Å². The van der Waals surface area contributed by atoms with Gasteiger partial charge < -0.3 is 9.32 Å².